The zero-order valence-electron chi connectivity index (χ0n) is 18.6. The number of ether oxygens (including phenoxy) is 1. The molecular weight excluding hydrogens is 412 g/mol. The van der Waals surface area contributed by atoms with Gasteiger partial charge in [0.25, 0.3) is 0 Å². The maximum atomic E-state index is 13.3. The highest BCUT2D eigenvalue weighted by Gasteiger charge is 2.35. The van der Waals surface area contributed by atoms with Gasteiger partial charge in [-0.2, -0.15) is 4.31 Å². The van der Waals surface area contributed by atoms with Gasteiger partial charge in [-0.05, 0) is 41.7 Å². The second-order valence-electron chi connectivity index (χ2n) is 9.08. The fourth-order valence-corrected chi connectivity index (χ4v) is 5.62. The maximum Gasteiger partial charge on any atom is 0.243 e. The molecule has 31 heavy (non-hydrogen) atoms. The number of rotatable bonds is 6. The lowest BCUT2D eigenvalue weighted by Gasteiger charge is -2.21. The van der Waals surface area contributed by atoms with Crippen molar-refractivity contribution < 1.29 is 13.2 Å². The van der Waals surface area contributed by atoms with Crippen molar-refractivity contribution in [2.45, 2.75) is 50.0 Å². The molecule has 0 spiro atoms. The zero-order valence-corrected chi connectivity index (χ0v) is 19.4. The van der Waals surface area contributed by atoms with E-state index in [1.807, 2.05) is 24.3 Å². The molecule has 166 valence electrons. The number of benzene rings is 1. The van der Waals surface area contributed by atoms with Crippen LogP contribution in [0.15, 0.2) is 47.5 Å². The number of hydrogen-bond acceptors (Lipinski definition) is 5. The van der Waals surface area contributed by atoms with Crippen molar-refractivity contribution >= 4 is 21.2 Å². The molecule has 3 aromatic rings. The summed E-state index contributed by atoms with van der Waals surface area (Å²) in [6.45, 7) is 8.43. The van der Waals surface area contributed by atoms with Gasteiger partial charge < -0.3 is 9.30 Å². The number of methoxy groups -OCH3 is 1. The van der Waals surface area contributed by atoms with Crippen molar-refractivity contribution in [3.05, 3.63) is 54.0 Å². The number of aromatic nitrogens is 3. The van der Waals surface area contributed by atoms with Crippen LogP contribution >= 0.6 is 0 Å². The van der Waals surface area contributed by atoms with Gasteiger partial charge in [0.2, 0.25) is 10.0 Å². The van der Waals surface area contributed by atoms with Gasteiger partial charge in [0.05, 0.1) is 11.5 Å². The molecule has 1 aliphatic rings. The van der Waals surface area contributed by atoms with E-state index in [1.165, 1.54) is 0 Å². The minimum atomic E-state index is -3.55. The minimum absolute atomic E-state index is 0.0175. The van der Waals surface area contributed by atoms with Crippen molar-refractivity contribution in [1.82, 2.24) is 18.8 Å². The van der Waals surface area contributed by atoms with E-state index in [0.717, 1.165) is 29.0 Å². The van der Waals surface area contributed by atoms with Crippen LogP contribution in [0.25, 0.3) is 11.2 Å². The van der Waals surface area contributed by atoms with E-state index in [1.54, 1.807) is 29.7 Å². The predicted octanol–water partition coefficient (Wildman–Crippen LogP) is 3.55. The molecule has 0 saturated carbocycles. The van der Waals surface area contributed by atoms with Gasteiger partial charge in [-0.15, -0.1) is 0 Å². The fourth-order valence-electron chi connectivity index (χ4n) is 4.12. The first-order chi connectivity index (χ1) is 14.7. The van der Waals surface area contributed by atoms with Gasteiger partial charge in [0.15, 0.2) is 5.65 Å². The first-order valence-electron chi connectivity index (χ1n) is 10.6. The molecule has 8 heteroatoms. The first-order valence-corrected chi connectivity index (χ1v) is 12.1. The lowest BCUT2D eigenvalue weighted by Crippen LogP contribution is -2.29. The molecule has 1 fully saturated rings. The Morgan fingerprint density at radius 2 is 1.90 bits per heavy atom. The summed E-state index contributed by atoms with van der Waals surface area (Å²) >= 11 is 0. The summed E-state index contributed by atoms with van der Waals surface area (Å²) in [6.07, 6.45) is 2.49. The highest BCUT2D eigenvalue weighted by atomic mass is 32.2. The summed E-state index contributed by atoms with van der Waals surface area (Å²) in [5.41, 5.74) is 2.74. The average Bonchev–Trinajstić information content (AvgIpc) is 3.37. The van der Waals surface area contributed by atoms with E-state index in [2.05, 4.69) is 30.3 Å². The topological polar surface area (TPSA) is 77.3 Å². The van der Waals surface area contributed by atoms with E-state index in [-0.39, 0.29) is 11.3 Å². The monoisotopic (exact) mass is 442 g/mol. The molecule has 0 radical (unpaired) electrons. The number of pyridine rings is 1. The Bertz CT molecular complexity index is 1160. The quantitative estimate of drug-likeness (QED) is 0.583. The molecular formula is C23H30N4O3S. The third-order valence-electron chi connectivity index (χ3n) is 5.93. The third kappa shape index (κ3) is 4.24. The molecule has 0 N–H and O–H groups in total. The van der Waals surface area contributed by atoms with Gasteiger partial charge >= 0.3 is 0 Å². The molecule has 1 aliphatic heterocycles. The molecule has 1 atom stereocenters. The Morgan fingerprint density at radius 1 is 1.16 bits per heavy atom. The van der Waals surface area contributed by atoms with Crippen LogP contribution in [0.2, 0.25) is 0 Å². The summed E-state index contributed by atoms with van der Waals surface area (Å²) < 4.78 is 35.4. The van der Waals surface area contributed by atoms with Crippen LogP contribution in [0.3, 0.4) is 0 Å². The van der Waals surface area contributed by atoms with Crippen molar-refractivity contribution in [3.8, 4) is 0 Å². The van der Waals surface area contributed by atoms with Crippen LogP contribution in [0.1, 0.15) is 44.5 Å². The highest BCUT2D eigenvalue weighted by Crippen LogP contribution is 2.33. The zero-order chi connectivity index (χ0) is 22.2. The lowest BCUT2D eigenvalue weighted by atomic mass is 9.87. The van der Waals surface area contributed by atoms with E-state index in [0.29, 0.717) is 31.1 Å². The van der Waals surface area contributed by atoms with Crippen LogP contribution in [-0.2, 0) is 26.7 Å². The van der Waals surface area contributed by atoms with Crippen LogP contribution in [-0.4, -0.2) is 54.1 Å². The number of hydrogen-bond donors (Lipinski definition) is 0. The van der Waals surface area contributed by atoms with Crippen LogP contribution < -0.4 is 0 Å². The van der Waals surface area contributed by atoms with Crippen LogP contribution in [0, 0.1) is 0 Å². The van der Waals surface area contributed by atoms with Crippen LogP contribution in [0.5, 0.6) is 0 Å². The van der Waals surface area contributed by atoms with Gasteiger partial charge in [-0.25, -0.2) is 18.4 Å². The summed E-state index contributed by atoms with van der Waals surface area (Å²) in [5.74, 6) is 0.904. The fraction of sp³-hybridized carbons (Fsp3) is 0.478. The second kappa shape index (κ2) is 8.33. The van der Waals surface area contributed by atoms with Gasteiger partial charge in [0.1, 0.15) is 11.3 Å². The van der Waals surface area contributed by atoms with E-state index >= 15 is 0 Å². The number of sulfonamides is 1. The molecule has 0 bridgehead atoms. The average molecular weight is 443 g/mol. The Labute approximate surface area is 184 Å². The molecule has 0 amide bonds. The van der Waals surface area contributed by atoms with E-state index < -0.39 is 10.0 Å². The van der Waals surface area contributed by atoms with E-state index in [4.69, 9.17) is 9.72 Å². The van der Waals surface area contributed by atoms with Crippen LogP contribution in [0.4, 0.5) is 0 Å². The summed E-state index contributed by atoms with van der Waals surface area (Å²) in [6, 6.07) is 11.1. The number of imidazole rings is 1. The highest BCUT2D eigenvalue weighted by molar-refractivity contribution is 7.89. The molecule has 7 nitrogen and oxygen atoms in total. The lowest BCUT2D eigenvalue weighted by molar-refractivity contribution is 0.187. The van der Waals surface area contributed by atoms with Gasteiger partial charge in [-0.1, -0.05) is 32.9 Å². The standard InChI is InChI=1S/C23H30N4O3S/c1-23(2,3)18-7-9-19(10-8-18)31(28,29)26-13-11-17(16-26)21-25-20-6-5-12-24-22(20)27(21)14-15-30-4/h5-10,12,17H,11,13-16H2,1-4H3/t17-/m0/s1. The van der Waals surface area contributed by atoms with Crippen molar-refractivity contribution in [2.75, 3.05) is 26.8 Å². The minimum Gasteiger partial charge on any atom is -0.383 e. The van der Waals surface area contributed by atoms with Gasteiger partial charge in [0, 0.05) is 38.9 Å². The Hall–Kier alpha value is -2.29. The van der Waals surface area contributed by atoms with E-state index in [9.17, 15) is 8.42 Å². The number of nitrogens with zero attached hydrogens (tertiary/aromatic N) is 4. The largest absolute Gasteiger partial charge is 0.383 e. The molecule has 4 rings (SSSR count). The Morgan fingerprint density at radius 3 is 2.58 bits per heavy atom. The van der Waals surface area contributed by atoms with Gasteiger partial charge in [-0.3, -0.25) is 0 Å². The molecule has 3 heterocycles. The molecule has 0 unspecified atom stereocenters. The summed E-state index contributed by atoms with van der Waals surface area (Å²) in [4.78, 5) is 9.62. The first kappa shape index (κ1) is 21.9. The molecule has 0 aliphatic carbocycles. The smallest absolute Gasteiger partial charge is 0.243 e. The summed E-state index contributed by atoms with van der Waals surface area (Å²) in [5, 5.41) is 0. The third-order valence-corrected chi connectivity index (χ3v) is 7.81. The SMILES string of the molecule is COCCn1c([C@H]2CCN(S(=O)(=O)c3ccc(C(C)(C)C)cc3)C2)nc2cccnc21. The second-order valence-corrected chi connectivity index (χ2v) is 11.0. The predicted molar refractivity (Wildman–Crippen MR) is 121 cm³/mol. The molecule has 1 aromatic carbocycles. The summed E-state index contributed by atoms with van der Waals surface area (Å²) in [7, 11) is -1.88. The van der Waals surface area contributed by atoms with Crippen molar-refractivity contribution in [1.29, 1.82) is 0 Å². The normalized spacial score (nSPS) is 18.1. The molecule has 2 aromatic heterocycles. The Balaban J connectivity index is 1.59. The number of fused-ring (bicyclic) bond motifs is 1. The Kier molecular flexibility index (Phi) is 5.89. The van der Waals surface area contributed by atoms with Crippen molar-refractivity contribution in [3.63, 3.8) is 0 Å². The maximum absolute atomic E-state index is 13.3. The van der Waals surface area contributed by atoms with Crippen molar-refractivity contribution in [2.24, 2.45) is 0 Å². The molecule has 1 saturated heterocycles.